The predicted octanol–water partition coefficient (Wildman–Crippen LogP) is 0.653. The minimum atomic E-state index is -4.45. The van der Waals surface area contributed by atoms with E-state index in [4.69, 9.17) is 0 Å². The number of hydrogen-bond acceptors (Lipinski definition) is 3. The Hall–Kier alpha value is -0.390. The second kappa shape index (κ2) is 7.75. The smallest absolute Gasteiger partial charge is 0.744 e. The molecule has 0 N–H and O–H groups in total. The van der Waals surface area contributed by atoms with Gasteiger partial charge in [0.25, 0.3) is 0 Å². The maximum atomic E-state index is 11.5. The molecule has 0 saturated heterocycles. The number of hydrogen-bond donors (Lipinski definition) is 0. The van der Waals surface area contributed by atoms with Gasteiger partial charge in [0.05, 0.1) is 4.90 Å². The van der Waals surface area contributed by atoms with Crippen LogP contribution in [0.15, 0.2) is 35.2 Å². The maximum Gasteiger partial charge on any atom is 1.00 e. The molecule has 2 aromatic rings. The van der Waals surface area contributed by atoms with E-state index in [1.165, 1.54) is 11.6 Å². The predicted molar refractivity (Wildman–Crippen MR) is 79.9 cm³/mol. The molecule has 3 nitrogen and oxygen atoms in total. The van der Waals surface area contributed by atoms with Crippen molar-refractivity contribution in [1.82, 2.24) is 0 Å². The maximum absolute atomic E-state index is 11.5. The molecule has 0 unspecified atom stereocenters. The van der Waals surface area contributed by atoms with E-state index in [9.17, 15) is 13.0 Å². The Morgan fingerprint density at radius 1 is 1.05 bits per heavy atom. The topological polar surface area (TPSA) is 57.2 Å². The van der Waals surface area contributed by atoms with Crippen molar-refractivity contribution >= 4 is 20.9 Å². The molecule has 0 fully saturated rings. The SMILES string of the molecule is CCCc1cc(CCC)c2c(S(=O)(=O)[O-])cccc2c1.[Na+]. The Balaban J connectivity index is 0.00000220. The van der Waals surface area contributed by atoms with Gasteiger partial charge < -0.3 is 4.55 Å². The summed E-state index contributed by atoms with van der Waals surface area (Å²) < 4.78 is 34.4. The van der Waals surface area contributed by atoms with Gasteiger partial charge in [-0.05, 0) is 35.4 Å². The van der Waals surface area contributed by atoms with Gasteiger partial charge in [-0.15, -0.1) is 0 Å². The van der Waals surface area contributed by atoms with Crippen molar-refractivity contribution in [2.75, 3.05) is 0 Å². The Kier molecular flexibility index (Phi) is 6.88. The molecule has 5 heteroatoms. The molecule has 0 atom stereocenters. The van der Waals surface area contributed by atoms with Crippen molar-refractivity contribution in [3.8, 4) is 0 Å². The molecule has 0 aromatic heterocycles. The summed E-state index contributed by atoms with van der Waals surface area (Å²) in [6.07, 6.45) is 3.69. The first kappa shape index (κ1) is 18.7. The Morgan fingerprint density at radius 3 is 2.29 bits per heavy atom. The van der Waals surface area contributed by atoms with Gasteiger partial charge in [-0.1, -0.05) is 51.0 Å². The Morgan fingerprint density at radius 2 is 1.71 bits per heavy atom. The Labute approximate surface area is 148 Å². The van der Waals surface area contributed by atoms with E-state index in [2.05, 4.69) is 6.92 Å². The van der Waals surface area contributed by atoms with E-state index in [-0.39, 0.29) is 34.5 Å². The van der Waals surface area contributed by atoms with Gasteiger partial charge in [-0.25, -0.2) is 8.42 Å². The van der Waals surface area contributed by atoms with Gasteiger partial charge in [-0.3, -0.25) is 0 Å². The molecule has 0 amide bonds. The van der Waals surface area contributed by atoms with Crippen molar-refractivity contribution in [1.29, 1.82) is 0 Å². The van der Waals surface area contributed by atoms with Crippen LogP contribution in [0.2, 0.25) is 0 Å². The summed E-state index contributed by atoms with van der Waals surface area (Å²) >= 11 is 0. The zero-order chi connectivity index (χ0) is 14.8. The minimum Gasteiger partial charge on any atom is -0.744 e. The number of fused-ring (bicyclic) bond motifs is 1. The van der Waals surface area contributed by atoms with Crippen molar-refractivity contribution < 1.29 is 42.5 Å². The number of rotatable bonds is 5. The van der Waals surface area contributed by atoms with Crippen molar-refractivity contribution in [3.05, 3.63) is 41.5 Å². The minimum absolute atomic E-state index is 0. The fraction of sp³-hybridized carbons (Fsp3) is 0.375. The average Bonchev–Trinajstić information content (AvgIpc) is 2.37. The molecule has 0 aliphatic heterocycles. The van der Waals surface area contributed by atoms with Crippen LogP contribution in [0.4, 0.5) is 0 Å². The molecule has 2 rings (SSSR count). The first-order chi connectivity index (χ1) is 9.47. The molecule has 2 aromatic carbocycles. The quantitative estimate of drug-likeness (QED) is 0.601. The van der Waals surface area contributed by atoms with Crippen molar-refractivity contribution in [2.45, 2.75) is 44.4 Å². The van der Waals surface area contributed by atoms with E-state index in [1.54, 1.807) is 6.07 Å². The summed E-state index contributed by atoms with van der Waals surface area (Å²) in [6.45, 7) is 4.16. The molecule has 0 saturated carbocycles. The van der Waals surface area contributed by atoms with Crippen LogP contribution in [0.5, 0.6) is 0 Å². The van der Waals surface area contributed by atoms with Gasteiger partial charge >= 0.3 is 29.6 Å². The summed E-state index contributed by atoms with van der Waals surface area (Å²) in [4.78, 5) is -0.0958. The molecule has 0 heterocycles. The zero-order valence-electron chi connectivity index (χ0n) is 12.8. The van der Waals surface area contributed by atoms with Crippen molar-refractivity contribution in [2.24, 2.45) is 0 Å². The molecule has 0 aliphatic carbocycles. The van der Waals surface area contributed by atoms with Crippen LogP contribution < -0.4 is 29.6 Å². The fourth-order valence-corrected chi connectivity index (χ4v) is 3.40. The van der Waals surface area contributed by atoms with Gasteiger partial charge in [-0.2, -0.15) is 0 Å². The van der Waals surface area contributed by atoms with E-state index in [0.717, 1.165) is 36.6 Å². The largest absolute Gasteiger partial charge is 1.00 e. The van der Waals surface area contributed by atoms with Gasteiger partial charge in [0, 0.05) is 5.39 Å². The van der Waals surface area contributed by atoms with E-state index >= 15 is 0 Å². The number of benzene rings is 2. The van der Waals surface area contributed by atoms with Crippen LogP contribution in [0.1, 0.15) is 37.8 Å². The van der Waals surface area contributed by atoms with Gasteiger partial charge in [0.2, 0.25) is 0 Å². The monoisotopic (exact) mass is 314 g/mol. The molecule has 0 spiro atoms. The van der Waals surface area contributed by atoms with Crippen LogP contribution in [-0.4, -0.2) is 13.0 Å². The number of aryl methyl sites for hydroxylation is 2. The normalized spacial score (nSPS) is 11.4. The third-order valence-electron chi connectivity index (χ3n) is 3.41. The molecule has 0 aliphatic rings. The van der Waals surface area contributed by atoms with Crippen molar-refractivity contribution in [3.63, 3.8) is 0 Å². The van der Waals surface area contributed by atoms with Gasteiger partial charge in [0.15, 0.2) is 0 Å². The third-order valence-corrected chi connectivity index (χ3v) is 4.29. The molecule has 0 radical (unpaired) electrons. The fourth-order valence-electron chi connectivity index (χ4n) is 2.66. The molecule has 108 valence electrons. The molecule has 21 heavy (non-hydrogen) atoms. The van der Waals surface area contributed by atoms with E-state index in [0.29, 0.717) is 5.39 Å². The van der Waals surface area contributed by atoms with Crippen LogP contribution in [0.25, 0.3) is 10.8 Å². The summed E-state index contributed by atoms with van der Waals surface area (Å²) in [7, 11) is -4.45. The first-order valence-electron chi connectivity index (χ1n) is 6.97. The average molecular weight is 314 g/mol. The third kappa shape index (κ3) is 4.30. The van der Waals surface area contributed by atoms with E-state index in [1.807, 2.05) is 25.1 Å². The summed E-state index contributed by atoms with van der Waals surface area (Å²) in [5.41, 5.74) is 2.16. The van der Waals surface area contributed by atoms with E-state index < -0.39 is 10.1 Å². The second-order valence-corrected chi connectivity index (χ2v) is 6.41. The van der Waals surface area contributed by atoms with Crippen LogP contribution >= 0.6 is 0 Å². The second-order valence-electron chi connectivity index (χ2n) is 5.06. The molecule has 0 bridgehead atoms. The standard InChI is InChI=1S/C16H20O3S.Na/c1-3-6-12-10-13(7-4-2)16-14(11-12)8-5-9-15(16)20(17,18)19;/h5,8-11H,3-4,6-7H2,1-2H3,(H,17,18,19);/q;+1/p-1. The zero-order valence-corrected chi connectivity index (χ0v) is 15.7. The van der Waals surface area contributed by atoms with Gasteiger partial charge in [0.1, 0.15) is 10.1 Å². The van der Waals surface area contributed by atoms with Crippen LogP contribution in [0.3, 0.4) is 0 Å². The summed E-state index contributed by atoms with van der Waals surface area (Å²) in [5, 5.41) is 1.44. The Bertz CT molecular complexity index is 724. The molecular formula is C16H19NaO3S. The summed E-state index contributed by atoms with van der Waals surface area (Å²) in [6, 6.07) is 8.96. The first-order valence-corrected chi connectivity index (χ1v) is 8.38. The van der Waals surface area contributed by atoms with Crippen LogP contribution in [0, 0.1) is 0 Å². The summed E-state index contributed by atoms with van der Waals surface area (Å²) in [5.74, 6) is 0. The molecular weight excluding hydrogens is 295 g/mol. The van der Waals surface area contributed by atoms with Crippen LogP contribution in [-0.2, 0) is 23.0 Å².